The van der Waals surface area contributed by atoms with Crippen LogP contribution in [0.5, 0.6) is 0 Å². The highest BCUT2D eigenvalue weighted by atomic mass is 16.5. The molecule has 0 spiro atoms. The van der Waals surface area contributed by atoms with E-state index in [1.54, 1.807) is 0 Å². The molecule has 1 aromatic carbocycles. The highest BCUT2D eigenvalue weighted by molar-refractivity contribution is 5.77. The Hall–Kier alpha value is -1.39. The van der Waals surface area contributed by atoms with Crippen LogP contribution in [-0.2, 0) is 16.0 Å². The third kappa shape index (κ3) is 2.31. The molecule has 1 aromatic rings. The molecule has 3 N–H and O–H groups in total. The molecule has 1 rings (SSSR count). The largest absolute Gasteiger partial charge is 0.478 e. The van der Waals surface area contributed by atoms with Crippen molar-refractivity contribution in [2.75, 3.05) is 7.11 Å². The van der Waals surface area contributed by atoms with Crippen molar-refractivity contribution >= 4 is 5.97 Å². The molecule has 1 atom stereocenters. The molecule has 0 fully saturated rings. The summed E-state index contributed by atoms with van der Waals surface area (Å²) in [6.07, 6.45) is 0.152. The molecular weight excluding hydrogens is 182 g/mol. The highest BCUT2D eigenvalue weighted by Gasteiger charge is 2.33. The molecule has 0 aliphatic heterocycles. The van der Waals surface area contributed by atoms with Crippen molar-refractivity contribution in [1.82, 2.24) is 0 Å². The van der Waals surface area contributed by atoms with Crippen LogP contribution in [0.15, 0.2) is 30.3 Å². The van der Waals surface area contributed by atoms with E-state index >= 15 is 0 Å². The Balaban J connectivity index is 2.81. The SMILES string of the molecule is CO[C@@](N)(Cc1ccccc1)C(=O)O. The van der Waals surface area contributed by atoms with E-state index in [0.717, 1.165) is 5.56 Å². The van der Waals surface area contributed by atoms with E-state index < -0.39 is 11.7 Å². The number of aliphatic carboxylic acids is 1. The zero-order valence-electron chi connectivity index (χ0n) is 7.93. The Morgan fingerprint density at radius 1 is 1.50 bits per heavy atom. The lowest BCUT2D eigenvalue weighted by Gasteiger charge is -2.22. The first kappa shape index (κ1) is 10.7. The minimum Gasteiger partial charge on any atom is -0.478 e. The van der Waals surface area contributed by atoms with Crippen LogP contribution in [0.2, 0.25) is 0 Å². The number of nitrogens with two attached hydrogens (primary N) is 1. The number of methoxy groups -OCH3 is 1. The van der Waals surface area contributed by atoms with Gasteiger partial charge in [0.15, 0.2) is 0 Å². The molecule has 0 bridgehead atoms. The number of hydrogen-bond acceptors (Lipinski definition) is 3. The minimum atomic E-state index is -1.64. The average Bonchev–Trinajstić information content (AvgIpc) is 2.19. The smallest absolute Gasteiger partial charge is 0.351 e. The lowest BCUT2D eigenvalue weighted by Crippen LogP contribution is -2.51. The van der Waals surface area contributed by atoms with Crippen LogP contribution >= 0.6 is 0 Å². The maximum Gasteiger partial charge on any atom is 0.351 e. The molecule has 0 amide bonds. The van der Waals surface area contributed by atoms with E-state index in [1.807, 2.05) is 30.3 Å². The second-order valence-electron chi connectivity index (χ2n) is 3.06. The summed E-state index contributed by atoms with van der Waals surface area (Å²) in [5, 5.41) is 8.84. The van der Waals surface area contributed by atoms with Gasteiger partial charge in [-0.1, -0.05) is 30.3 Å². The zero-order valence-corrected chi connectivity index (χ0v) is 7.93. The van der Waals surface area contributed by atoms with Crippen molar-refractivity contribution < 1.29 is 14.6 Å². The minimum absolute atomic E-state index is 0.152. The number of ether oxygens (including phenoxy) is 1. The van der Waals surface area contributed by atoms with Crippen LogP contribution < -0.4 is 5.73 Å². The van der Waals surface area contributed by atoms with Gasteiger partial charge in [0.05, 0.1) is 0 Å². The number of carboxylic acids is 1. The molecule has 0 aliphatic carbocycles. The third-order valence-electron chi connectivity index (χ3n) is 2.04. The second kappa shape index (κ2) is 4.21. The summed E-state index contributed by atoms with van der Waals surface area (Å²) in [6.45, 7) is 0. The lowest BCUT2D eigenvalue weighted by atomic mass is 10.0. The standard InChI is InChI=1S/C10H13NO3/c1-14-10(11,9(12)13)7-8-5-3-2-4-6-8/h2-6H,7,11H2,1H3,(H,12,13)/t10-/m0/s1. The molecule has 4 nitrogen and oxygen atoms in total. The molecule has 0 heterocycles. The summed E-state index contributed by atoms with van der Waals surface area (Å²) in [7, 11) is 1.29. The molecule has 0 saturated carbocycles. The van der Waals surface area contributed by atoms with Crippen LogP contribution in [-0.4, -0.2) is 23.9 Å². The Kier molecular flexibility index (Phi) is 3.22. The first-order valence-corrected chi connectivity index (χ1v) is 4.20. The van der Waals surface area contributed by atoms with E-state index in [1.165, 1.54) is 7.11 Å². The van der Waals surface area contributed by atoms with Gasteiger partial charge in [-0.25, -0.2) is 4.79 Å². The van der Waals surface area contributed by atoms with E-state index in [-0.39, 0.29) is 6.42 Å². The second-order valence-corrected chi connectivity index (χ2v) is 3.06. The summed E-state index contributed by atoms with van der Waals surface area (Å²) in [5.74, 6) is -1.16. The van der Waals surface area contributed by atoms with Gasteiger partial charge in [-0.2, -0.15) is 0 Å². The number of benzene rings is 1. The molecule has 0 saturated heterocycles. The van der Waals surface area contributed by atoms with E-state index in [4.69, 9.17) is 15.6 Å². The Morgan fingerprint density at radius 3 is 2.50 bits per heavy atom. The summed E-state index contributed by atoms with van der Waals surface area (Å²) in [4.78, 5) is 10.8. The van der Waals surface area contributed by atoms with Crippen LogP contribution in [0, 0.1) is 0 Å². The zero-order chi connectivity index (χ0) is 10.6. The predicted octanol–water partition coefficient (Wildman–Crippen LogP) is 0.615. The molecule has 14 heavy (non-hydrogen) atoms. The van der Waals surface area contributed by atoms with Gasteiger partial charge in [-0.15, -0.1) is 0 Å². The number of carboxylic acid groups (broad SMARTS) is 1. The van der Waals surface area contributed by atoms with E-state index in [2.05, 4.69) is 0 Å². The monoisotopic (exact) mass is 195 g/mol. The first-order chi connectivity index (χ1) is 6.58. The Bertz CT molecular complexity index is 312. The van der Waals surface area contributed by atoms with Crippen molar-refractivity contribution in [1.29, 1.82) is 0 Å². The topological polar surface area (TPSA) is 72.5 Å². The van der Waals surface area contributed by atoms with Crippen molar-refractivity contribution in [3.63, 3.8) is 0 Å². The van der Waals surface area contributed by atoms with Gasteiger partial charge in [0, 0.05) is 13.5 Å². The van der Waals surface area contributed by atoms with Crippen molar-refractivity contribution in [2.24, 2.45) is 5.73 Å². The maximum absolute atomic E-state index is 10.8. The number of carbonyl (C=O) groups is 1. The van der Waals surface area contributed by atoms with Gasteiger partial charge >= 0.3 is 5.97 Å². The molecule has 76 valence electrons. The van der Waals surface area contributed by atoms with E-state index in [0.29, 0.717) is 0 Å². The molecule has 0 unspecified atom stereocenters. The van der Waals surface area contributed by atoms with Crippen molar-refractivity contribution in [2.45, 2.75) is 12.1 Å². The molecular formula is C10H13NO3. The summed E-state index contributed by atoms with van der Waals surface area (Å²) < 4.78 is 4.78. The summed E-state index contributed by atoms with van der Waals surface area (Å²) >= 11 is 0. The average molecular weight is 195 g/mol. The normalized spacial score (nSPS) is 14.7. The van der Waals surface area contributed by atoms with Crippen molar-refractivity contribution in [3.8, 4) is 0 Å². The maximum atomic E-state index is 10.8. The molecule has 0 radical (unpaired) electrons. The van der Waals surface area contributed by atoms with Crippen LogP contribution in [0.25, 0.3) is 0 Å². The predicted molar refractivity (Wildman–Crippen MR) is 51.7 cm³/mol. The quantitative estimate of drug-likeness (QED) is 0.690. The van der Waals surface area contributed by atoms with Crippen LogP contribution in [0.3, 0.4) is 0 Å². The molecule has 4 heteroatoms. The van der Waals surface area contributed by atoms with Gasteiger partial charge < -0.3 is 9.84 Å². The van der Waals surface area contributed by atoms with E-state index in [9.17, 15) is 4.79 Å². The van der Waals surface area contributed by atoms with Gasteiger partial charge in [-0.05, 0) is 5.56 Å². The molecule has 0 aliphatic rings. The van der Waals surface area contributed by atoms with Gasteiger partial charge in [0.2, 0.25) is 5.72 Å². The number of hydrogen-bond donors (Lipinski definition) is 2. The summed E-state index contributed by atoms with van der Waals surface area (Å²) in [5.41, 5.74) is 4.75. The molecule has 0 aromatic heterocycles. The lowest BCUT2D eigenvalue weighted by molar-refractivity contribution is -0.161. The Morgan fingerprint density at radius 2 is 2.07 bits per heavy atom. The van der Waals surface area contributed by atoms with Gasteiger partial charge in [-0.3, -0.25) is 5.73 Å². The van der Waals surface area contributed by atoms with Crippen LogP contribution in [0.4, 0.5) is 0 Å². The highest BCUT2D eigenvalue weighted by Crippen LogP contribution is 2.11. The first-order valence-electron chi connectivity index (χ1n) is 4.20. The van der Waals surface area contributed by atoms with Gasteiger partial charge in [0.1, 0.15) is 0 Å². The fraction of sp³-hybridized carbons (Fsp3) is 0.300. The van der Waals surface area contributed by atoms with Crippen molar-refractivity contribution in [3.05, 3.63) is 35.9 Å². The van der Waals surface area contributed by atoms with Crippen LogP contribution in [0.1, 0.15) is 5.56 Å². The summed E-state index contributed by atoms with van der Waals surface area (Å²) in [6, 6.07) is 9.13. The third-order valence-corrected chi connectivity index (χ3v) is 2.04. The van der Waals surface area contributed by atoms with Gasteiger partial charge in [0.25, 0.3) is 0 Å². The number of rotatable bonds is 4. The fourth-order valence-corrected chi connectivity index (χ4v) is 1.13. The fourth-order valence-electron chi connectivity index (χ4n) is 1.13. The Labute approximate surface area is 82.3 Å².